The molecule has 1 saturated carbocycles. The lowest BCUT2D eigenvalue weighted by Gasteiger charge is -2.36. The number of carbonyl (C=O) groups excluding carboxylic acids is 2. The third-order valence-electron chi connectivity index (χ3n) is 6.64. The van der Waals surface area contributed by atoms with Crippen LogP contribution < -0.4 is 5.56 Å². The molecule has 3 atom stereocenters. The second-order valence-electron chi connectivity index (χ2n) is 8.69. The molecule has 2 aliphatic heterocycles. The predicted molar refractivity (Wildman–Crippen MR) is 113 cm³/mol. The lowest BCUT2D eigenvalue weighted by Crippen LogP contribution is -2.43. The quantitative estimate of drug-likeness (QED) is 0.818. The lowest BCUT2D eigenvalue weighted by atomic mass is 9.99. The molecule has 2 aromatic heterocycles. The minimum Gasteiger partial charge on any atom is -0.332 e. The molecular formula is C22H26N4O3S. The van der Waals surface area contributed by atoms with E-state index >= 15 is 0 Å². The first-order valence-electron chi connectivity index (χ1n) is 10.8. The molecule has 5 rings (SSSR count). The Morgan fingerprint density at radius 1 is 1.27 bits per heavy atom. The average molecular weight is 427 g/mol. The van der Waals surface area contributed by atoms with Crippen LogP contribution in [0.2, 0.25) is 0 Å². The number of aromatic nitrogens is 2. The van der Waals surface area contributed by atoms with Crippen LogP contribution in [0.25, 0.3) is 0 Å². The number of hydrogen-bond donors (Lipinski definition) is 1. The highest BCUT2D eigenvalue weighted by atomic mass is 32.1. The van der Waals surface area contributed by atoms with Crippen molar-refractivity contribution < 1.29 is 9.59 Å². The number of carbonyl (C=O) groups is 2. The minimum atomic E-state index is -0.180. The molecule has 4 heterocycles. The maximum Gasteiger partial charge on any atom is 0.264 e. The number of aromatic amines is 1. The largest absolute Gasteiger partial charge is 0.332 e. The van der Waals surface area contributed by atoms with Gasteiger partial charge in [0, 0.05) is 24.6 Å². The van der Waals surface area contributed by atoms with Crippen molar-refractivity contribution in [1.29, 1.82) is 0 Å². The summed E-state index contributed by atoms with van der Waals surface area (Å²) in [7, 11) is 0. The van der Waals surface area contributed by atoms with Gasteiger partial charge in [0.15, 0.2) is 0 Å². The van der Waals surface area contributed by atoms with E-state index in [2.05, 4.69) is 11.9 Å². The van der Waals surface area contributed by atoms with Gasteiger partial charge >= 0.3 is 0 Å². The molecule has 0 aromatic carbocycles. The van der Waals surface area contributed by atoms with E-state index in [1.165, 1.54) is 11.3 Å². The molecule has 2 amide bonds. The predicted octanol–water partition coefficient (Wildman–Crippen LogP) is 2.74. The molecule has 0 spiro atoms. The first-order valence-corrected chi connectivity index (χ1v) is 11.7. The Kier molecular flexibility index (Phi) is 4.97. The fraction of sp³-hybridized carbons (Fsp3) is 0.545. The van der Waals surface area contributed by atoms with Gasteiger partial charge in [-0.05, 0) is 49.5 Å². The summed E-state index contributed by atoms with van der Waals surface area (Å²) in [5, 5.41) is 1.89. The topological polar surface area (TPSA) is 86.4 Å². The summed E-state index contributed by atoms with van der Waals surface area (Å²) >= 11 is 1.42. The third-order valence-corrected chi connectivity index (χ3v) is 7.50. The highest BCUT2D eigenvalue weighted by Crippen LogP contribution is 2.42. The fourth-order valence-electron chi connectivity index (χ4n) is 4.70. The van der Waals surface area contributed by atoms with Gasteiger partial charge in [-0.2, -0.15) is 0 Å². The number of nitrogens with one attached hydrogen (secondary N) is 1. The molecule has 2 fully saturated rings. The Bertz CT molecular complexity index is 1030. The van der Waals surface area contributed by atoms with Gasteiger partial charge in [-0.3, -0.25) is 14.4 Å². The van der Waals surface area contributed by atoms with Crippen LogP contribution in [0.4, 0.5) is 0 Å². The number of nitrogens with zero attached hydrogens (tertiary/aromatic N) is 3. The van der Waals surface area contributed by atoms with Gasteiger partial charge in [0.2, 0.25) is 5.91 Å². The summed E-state index contributed by atoms with van der Waals surface area (Å²) in [4.78, 5) is 50.7. The number of piperidine rings is 1. The van der Waals surface area contributed by atoms with Crippen LogP contribution in [0.3, 0.4) is 0 Å². The highest BCUT2D eigenvalue weighted by Gasteiger charge is 2.44. The van der Waals surface area contributed by atoms with E-state index in [0.29, 0.717) is 47.4 Å². The van der Waals surface area contributed by atoms with Crippen molar-refractivity contribution in [3.63, 3.8) is 0 Å². The van der Waals surface area contributed by atoms with Crippen LogP contribution in [0.15, 0.2) is 22.3 Å². The second-order valence-corrected chi connectivity index (χ2v) is 9.64. The fourth-order valence-corrected chi connectivity index (χ4v) is 5.40. The van der Waals surface area contributed by atoms with Gasteiger partial charge < -0.3 is 14.8 Å². The Morgan fingerprint density at radius 2 is 2.10 bits per heavy atom. The molecule has 0 radical (unpaired) electrons. The van der Waals surface area contributed by atoms with Crippen molar-refractivity contribution in [2.75, 3.05) is 13.1 Å². The zero-order chi connectivity index (χ0) is 20.8. The van der Waals surface area contributed by atoms with Gasteiger partial charge in [-0.25, -0.2) is 4.98 Å². The molecule has 7 nitrogen and oxygen atoms in total. The Hall–Kier alpha value is -2.48. The van der Waals surface area contributed by atoms with Gasteiger partial charge in [-0.15, -0.1) is 11.3 Å². The SMILES string of the molecule is C[C@H]1C[C@H]1C(=O)N1CCCC[C@@H]1c1nc2c(c(=O)[nH]1)CCN(C(=O)c1cccs1)C2. The summed E-state index contributed by atoms with van der Waals surface area (Å²) in [6.45, 7) is 3.68. The van der Waals surface area contributed by atoms with E-state index in [-0.39, 0.29) is 29.3 Å². The zero-order valence-corrected chi connectivity index (χ0v) is 17.9. The highest BCUT2D eigenvalue weighted by molar-refractivity contribution is 7.12. The van der Waals surface area contributed by atoms with E-state index in [1.807, 2.05) is 22.4 Å². The summed E-state index contributed by atoms with van der Waals surface area (Å²) in [5.74, 6) is 1.32. The van der Waals surface area contributed by atoms with Crippen molar-refractivity contribution in [1.82, 2.24) is 19.8 Å². The number of thiophene rings is 1. The zero-order valence-electron chi connectivity index (χ0n) is 17.1. The minimum absolute atomic E-state index is 0.0172. The number of rotatable bonds is 3. The van der Waals surface area contributed by atoms with Crippen molar-refractivity contribution in [3.8, 4) is 0 Å². The van der Waals surface area contributed by atoms with E-state index in [1.54, 1.807) is 4.90 Å². The molecule has 3 aliphatic rings. The van der Waals surface area contributed by atoms with Crippen molar-refractivity contribution in [2.24, 2.45) is 11.8 Å². The van der Waals surface area contributed by atoms with Crippen LogP contribution in [-0.4, -0.2) is 44.7 Å². The van der Waals surface area contributed by atoms with E-state index < -0.39 is 0 Å². The summed E-state index contributed by atoms with van der Waals surface area (Å²) in [5.41, 5.74) is 1.21. The maximum atomic E-state index is 13.0. The molecule has 1 aliphatic carbocycles. The maximum absolute atomic E-state index is 13.0. The van der Waals surface area contributed by atoms with E-state index in [0.717, 1.165) is 32.2 Å². The lowest BCUT2D eigenvalue weighted by molar-refractivity contribution is -0.137. The smallest absolute Gasteiger partial charge is 0.264 e. The summed E-state index contributed by atoms with van der Waals surface area (Å²) in [6, 6.07) is 3.51. The third kappa shape index (κ3) is 3.47. The number of fused-ring (bicyclic) bond motifs is 1. The van der Waals surface area contributed by atoms with E-state index in [4.69, 9.17) is 4.98 Å². The average Bonchev–Trinajstić information content (AvgIpc) is 3.25. The van der Waals surface area contributed by atoms with Gasteiger partial charge in [0.05, 0.1) is 23.2 Å². The first kappa shape index (κ1) is 19.5. The van der Waals surface area contributed by atoms with Crippen molar-refractivity contribution in [2.45, 2.75) is 51.6 Å². The standard InChI is InChI=1S/C22H26N4O3S/c1-13-11-15(13)21(28)26-8-3-2-5-17(26)19-23-16-12-25(9-7-14(16)20(27)24-19)22(29)18-6-4-10-30-18/h4,6,10,13,15,17H,2-3,5,7-9,11-12H2,1H3,(H,23,24,27)/t13-,15+,17+/m0/s1. The molecule has 8 heteroatoms. The Balaban J connectivity index is 1.42. The number of hydrogen-bond acceptors (Lipinski definition) is 5. The Morgan fingerprint density at radius 3 is 2.83 bits per heavy atom. The number of likely N-dealkylation sites (tertiary alicyclic amines) is 1. The molecule has 1 N–H and O–H groups in total. The van der Waals surface area contributed by atoms with E-state index in [9.17, 15) is 14.4 Å². The molecule has 0 unspecified atom stereocenters. The molecule has 158 valence electrons. The van der Waals surface area contributed by atoms with Gasteiger partial charge in [0.1, 0.15) is 5.82 Å². The molecule has 1 saturated heterocycles. The summed E-state index contributed by atoms with van der Waals surface area (Å²) in [6.07, 6.45) is 4.27. The van der Waals surface area contributed by atoms with Crippen LogP contribution in [-0.2, 0) is 17.8 Å². The normalized spacial score (nSPS) is 25.7. The first-order chi connectivity index (χ1) is 14.5. The molecular weight excluding hydrogens is 400 g/mol. The van der Waals surface area contributed by atoms with Gasteiger partial charge in [0.25, 0.3) is 11.5 Å². The van der Waals surface area contributed by atoms with Crippen LogP contribution in [0.1, 0.15) is 65.4 Å². The Labute approximate surface area is 179 Å². The number of amides is 2. The van der Waals surface area contributed by atoms with Crippen molar-refractivity contribution in [3.05, 3.63) is 49.8 Å². The second kappa shape index (κ2) is 7.65. The van der Waals surface area contributed by atoms with Crippen LogP contribution in [0, 0.1) is 11.8 Å². The monoisotopic (exact) mass is 426 g/mol. The van der Waals surface area contributed by atoms with Crippen LogP contribution in [0.5, 0.6) is 0 Å². The molecule has 2 aromatic rings. The summed E-state index contributed by atoms with van der Waals surface area (Å²) < 4.78 is 0. The number of H-pyrrole nitrogens is 1. The van der Waals surface area contributed by atoms with Crippen LogP contribution >= 0.6 is 11.3 Å². The molecule has 0 bridgehead atoms. The van der Waals surface area contributed by atoms with Gasteiger partial charge in [-0.1, -0.05) is 13.0 Å². The molecule has 30 heavy (non-hydrogen) atoms. The van der Waals surface area contributed by atoms with Crippen molar-refractivity contribution >= 4 is 23.2 Å².